The van der Waals surface area contributed by atoms with Gasteiger partial charge in [0.15, 0.2) is 0 Å². The third kappa shape index (κ3) is 3.78. The van der Waals surface area contributed by atoms with Crippen LogP contribution in [0.1, 0.15) is 28.7 Å². The highest BCUT2D eigenvalue weighted by molar-refractivity contribution is 5.86. The molecule has 0 radical (unpaired) electrons. The molecule has 0 fully saturated rings. The lowest BCUT2D eigenvalue weighted by atomic mass is 9.97. The Bertz CT molecular complexity index is 747. The first kappa shape index (κ1) is 17.3. The van der Waals surface area contributed by atoms with Gasteiger partial charge in [-0.05, 0) is 53.0 Å². The van der Waals surface area contributed by atoms with Crippen LogP contribution in [-0.4, -0.2) is 0 Å². The van der Waals surface area contributed by atoms with Gasteiger partial charge < -0.3 is 0 Å². The van der Waals surface area contributed by atoms with Crippen molar-refractivity contribution in [2.24, 2.45) is 0 Å². The molecule has 0 aliphatic heterocycles. The van der Waals surface area contributed by atoms with Crippen LogP contribution in [-0.2, 0) is 12.4 Å². The van der Waals surface area contributed by atoms with E-state index >= 15 is 0 Å². The summed E-state index contributed by atoms with van der Waals surface area (Å²) in [6, 6.07) is 9.68. The van der Waals surface area contributed by atoms with E-state index in [1.165, 1.54) is 24.3 Å². The average molecular weight is 354 g/mol. The molecule has 3 rings (SSSR count). The minimum absolute atomic E-state index is 0.455. The van der Waals surface area contributed by atoms with E-state index in [1.54, 1.807) is 12.2 Å². The summed E-state index contributed by atoms with van der Waals surface area (Å²) in [4.78, 5) is 0. The first-order valence-electron chi connectivity index (χ1n) is 7.39. The highest BCUT2D eigenvalue weighted by atomic mass is 19.4. The SMILES string of the molecule is FC(F)(F)c1ccc(C2=CC=C(c3ccc(C(F)(F)F)cc3)C2)cc1. The van der Waals surface area contributed by atoms with Crippen molar-refractivity contribution in [2.75, 3.05) is 0 Å². The summed E-state index contributed by atoms with van der Waals surface area (Å²) in [6.07, 6.45) is -4.76. The highest BCUT2D eigenvalue weighted by Crippen LogP contribution is 2.37. The fourth-order valence-corrected chi connectivity index (χ4v) is 2.67. The van der Waals surface area contributed by atoms with Gasteiger partial charge in [-0.15, -0.1) is 0 Å². The number of rotatable bonds is 2. The molecule has 0 aromatic heterocycles. The van der Waals surface area contributed by atoms with Crippen molar-refractivity contribution in [1.82, 2.24) is 0 Å². The number of halogens is 6. The van der Waals surface area contributed by atoms with E-state index in [1.807, 2.05) is 0 Å². The Morgan fingerprint density at radius 2 is 0.840 bits per heavy atom. The molecule has 1 aliphatic carbocycles. The first-order chi connectivity index (χ1) is 11.6. The van der Waals surface area contributed by atoms with Crippen molar-refractivity contribution in [3.8, 4) is 0 Å². The van der Waals surface area contributed by atoms with Gasteiger partial charge in [0.25, 0.3) is 0 Å². The quantitative estimate of drug-likeness (QED) is 0.533. The van der Waals surface area contributed by atoms with Crippen molar-refractivity contribution in [3.63, 3.8) is 0 Å². The Morgan fingerprint density at radius 1 is 0.520 bits per heavy atom. The third-order valence-corrected chi connectivity index (χ3v) is 4.03. The van der Waals surface area contributed by atoms with Crippen LogP contribution in [0.25, 0.3) is 11.1 Å². The van der Waals surface area contributed by atoms with Gasteiger partial charge >= 0.3 is 12.4 Å². The standard InChI is InChI=1S/C19H12F6/c20-18(21,22)16-7-3-12(4-8-16)14-1-2-15(11-14)13-5-9-17(10-6-13)19(23,24)25/h1-10H,11H2. The van der Waals surface area contributed by atoms with E-state index in [4.69, 9.17) is 0 Å². The zero-order chi connectivity index (χ0) is 18.2. The summed E-state index contributed by atoms with van der Waals surface area (Å²) in [5.41, 5.74) is 1.53. The van der Waals surface area contributed by atoms with E-state index in [0.29, 0.717) is 17.5 Å². The summed E-state index contributed by atoms with van der Waals surface area (Å²) in [5.74, 6) is 0. The molecule has 0 unspecified atom stereocenters. The number of hydrogen-bond acceptors (Lipinski definition) is 0. The van der Waals surface area contributed by atoms with E-state index in [2.05, 4.69) is 0 Å². The zero-order valence-corrected chi connectivity index (χ0v) is 12.7. The second kappa shape index (κ2) is 6.10. The van der Waals surface area contributed by atoms with Crippen LogP contribution < -0.4 is 0 Å². The van der Waals surface area contributed by atoms with Crippen molar-refractivity contribution in [3.05, 3.63) is 82.9 Å². The monoisotopic (exact) mass is 354 g/mol. The molecular weight excluding hydrogens is 342 g/mol. The lowest BCUT2D eigenvalue weighted by molar-refractivity contribution is -0.138. The second-order valence-electron chi connectivity index (χ2n) is 5.71. The number of benzene rings is 2. The molecule has 6 heteroatoms. The molecule has 2 aromatic rings. The molecule has 0 saturated heterocycles. The number of allylic oxidation sites excluding steroid dienone is 4. The molecule has 25 heavy (non-hydrogen) atoms. The Hall–Kier alpha value is -2.50. The fraction of sp³-hybridized carbons (Fsp3) is 0.158. The molecule has 0 nitrogen and oxygen atoms in total. The van der Waals surface area contributed by atoms with Crippen LogP contribution in [0.5, 0.6) is 0 Å². The molecular formula is C19H12F6. The Labute approximate surface area is 140 Å². The van der Waals surface area contributed by atoms with Gasteiger partial charge in [0, 0.05) is 0 Å². The summed E-state index contributed by atoms with van der Waals surface area (Å²) in [6.45, 7) is 0. The molecule has 0 spiro atoms. The summed E-state index contributed by atoms with van der Waals surface area (Å²) < 4.78 is 75.6. The lowest BCUT2D eigenvalue weighted by Gasteiger charge is -2.10. The van der Waals surface area contributed by atoms with E-state index in [-0.39, 0.29) is 0 Å². The summed E-state index contributed by atoms with van der Waals surface area (Å²) >= 11 is 0. The molecule has 0 amide bonds. The minimum atomic E-state index is -4.38. The van der Waals surface area contributed by atoms with Crippen LogP contribution in [0, 0.1) is 0 Å². The van der Waals surface area contributed by atoms with Crippen LogP contribution in [0.15, 0.2) is 60.7 Å². The van der Waals surface area contributed by atoms with Crippen molar-refractivity contribution >= 4 is 11.1 Å². The molecule has 0 N–H and O–H groups in total. The molecule has 0 atom stereocenters. The average Bonchev–Trinajstić information content (AvgIpc) is 3.03. The van der Waals surface area contributed by atoms with Gasteiger partial charge in [-0.3, -0.25) is 0 Å². The first-order valence-corrected chi connectivity index (χ1v) is 7.39. The highest BCUT2D eigenvalue weighted by Gasteiger charge is 2.31. The molecule has 0 heterocycles. The molecule has 130 valence electrons. The predicted octanol–water partition coefficient (Wildman–Crippen LogP) is 6.59. The van der Waals surface area contributed by atoms with Gasteiger partial charge in [-0.2, -0.15) is 26.3 Å². The van der Waals surface area contributed by atoms with Crippen molar-refractivity contribution in [2.45, 2.75) is 18.8 Å². The summed E-state index contributed by atoms with van der Waals surface area (Å²) in [7, 11) is 0. The Kier molecular flexibility index (Phi) is 4.22. The molecule has 1 aliphatic rings. The Morgan fingerprint density at radius 3 is 1.12 bits per heavy atom. The van der Waals surface area contributed by atoms with Crippen LogP contribution in [0.3, 0.4) is 0 Å². The van der Waals surface area contributed by atoms with Crippen LogP contribution >= 0.6 is 0 Å². The van der Waals surface area contributed by atoms with E-state index in [9.17, 15) is 26.3 Å². The smallest absolute Gasteiger partial charge is 0.166 e. The normalized spacial score (nSPS) is 15.1. The molecule has 0 saturated carbocycles. The van der Waals surface area contributed by atoms with Crippen molar-refractivity contribution < 1.29 is 26.3 Å². The van der Waals surface area contributed by atoms with Gasteiger partial charge in [-0.25, -0.2) is 0 Å². The maximum absolute atomic E-state index is 12.6. The lowest BCUT2D eigenvalue weighted by Crippen LogP contribution is -2.04. The van der Waals surface area contributed by atoms with Gasteiger partial charge in [0.2, 0.25) is 0 Å². The van der Waals surface area contributed by atoms with Crippen LogP contribution in [0.2, 0.25) is 0 Å². The zero-order valence-electron chi connectivity index (χ0n) is 12.7. The Balaban J connectivity index is 1.72. The minimum Gasteiger partial charge on any atom is -0.166 e. The van der Waals surface area contributed by atoms with E-state index < -0.39 is 23.5 Å². The number of alkyl halides is 6. The topological polar surface area (TPSA) is 0 Å². The summed E-state index contributed by atoms with van der Waals surface area (Å²) in [5, 5.41) is 0. The maximum Gasteiger partial charge on any atom is 0.416 e. The van der Waals surface area contributed by atoms with Gasteiger partial charge in [0.05, 0.1) is 11.1 Å². The van der Waals surface area contributed by atoms with E-state index in [0.717, 1.165) is 35.4 Å². The fourth-order valence-electron chi connectivity index (χ4n) is 2.67. The van der Waals surface area contributed by atoms with Gasteiger partial charge in [0.1, 0.15) is 0 Å². The van der Waals surface area contributed by atoms with Crippen molar-refractivity contribution in [1.29, 1.82) is 0 Å². The molecule has 2 aromatic carbocycles. The third-order valence-electron chi connectivity index (χ3n) is 4.03. The maximum atomic E-state index is 12.6. The predicted molar refractivity (Wildman–Crippen MR) is 83.5 cm³/mol. The number of hydrogen-bond donors (Lipinski definition) is 0. The van der Waals surface area contributed by atoms with Crippen LogP contribution in [0.4, 0.5) is 26.3 Å². The van der Waals surface area contributed by atoms with Gasteiger partial charge in [-0.1, -0.05) is 36.4 Å². The largest absolute Gasteiger partial charge is 0.416 e. The second-order valence-corrected chi connectivity index (χ2v) is 5.71. The molecule has 0 bridgehead atoms.